The van der Waals surface area contributed by atoms with Gasteiger partial charge in [0.1, 0.15) is 0 Å². The maximum absolute atomic E-state index is 12.5. The molecule has 0 bridgehead atoms. The number of fused-ring (bicyclic) bond motifs is 1. The van der Waals surface area contributed by atoms with Crippen LogP contribution in [0.2, 0.25) is 0 Å². The molecule has 138 valence electrons. The molecule has 3 rings (SSSR count). The number of ether oxygens (including phenoxy) is 1. The van der Waals surface area contributed by atoms with Gasteiger partial charge in [0.25, 0.3) is 0 Å². The highest BCUT2D eigenvalue weighted by Crippen LogP contribution is 2.63. The van der Waals surface area contributed by atoms with Crippen molar-refractivity contribution in [3.8, 4) is 0 Å². The van der Waals surface area contributed by atoms with E-state index in [1.54, 1.807) is 12.3 Å². The summed E-state index contributed by atoms with van der Waals surface area (Å²) in [7, 11) is 1.35. The van der Waals surface area contributed by atoms with Crippen LogP contribution in [0, 0.1) is 22.7 Å². The Labute approximate surface area is 150 Å². The minimum absolute atomic E-state index is 0.0387. The van der Waals surface area contributed by atoms with E-state index >= 15 is 0 Å². The van der Waals surface area contributed by atoms with Gasteiger partial charge in [0.15, 0.2) is 5.60 Å². The molecule has 25 heavy (non-hydrogen) atoms. The lowest BCUT2D eigenvalue weighted by Crippen LogP contribution is -2.63. The van der Waals surface area contributed by atoms with Crippen LogP contribution in [-0.2, 0) is 16.0 Å². The van der Waals surface area contributed by atoms with Crippen molar-refractivity contribution in [2.45, 2.75) is 58.5 Å². The number of carbonyl (C=O) groups is 1. The van der Waals surface area contributed by atoms with Crippen LogP contribution < -0.4 is 0 Å². The number of allylic oxidation sites excluding steroid dienone is 1. The van der Waals surface area contributed by atoms with Gasteiger partial charge in [-0.25, -0.2) is 4.79 Å². The van der Waals surface area contributed by atoms with Crippen LogP contribution in [0.25, 0.3) is 0 Å². The number of aryl methyl sites for hydroxylation is 1. The molecule has 0 spiro atoms. The molecule has 1 aromatic rings. The van der Waals surface area contributed by atoms with Crippen molar-refractivity contribution in [2.75, 3.05) is 7.11 Å². The molecule has 4 nitrogen and oxygen atoms in total. The van der Waals surface area contributed by atoms with Gasteiger partial charge in [0.2, 0.25) is 0 Å². The van der Waals surface area contributed by atoms with Crippen molar-refractivity contribution in [1.29, 1.82) is 0 Å². The molecule has 2 aliphatic carbocycles. The Hall–Kier alpha value is -1.55. The van der Waals surface area contributed by atoms with Gasteiger partial charge in [-0.1, -0.05) is 26.8 Å². The number of rotatable bonds is 4. The molecule has 1 heterocycles. The summed E-state index contributed by atoms with van der Waals surface area (Å²) in [6.07, 6.45) is 11.8. The average Bonchev–Trinajstić information content (AvgIpc) is 3.12. The Balaban J connectivity index is 1.95. The lowest BCUT2D eigenvalue weighted by Gasteiger charge is -2.60. The molecule has 0 amide bonds. The number of hydrogen-bond acceptors (Lipinski definition) is 4. The van der Waals surface area contributed by atoms with E-state index in [0.717, 1.165) is 32.1 Å². The molecule has 2 aliphatic rings. The lowest BCUT2D eigenvalue weighted by atomic mass is 9.44. The van der Waals surface area contributed by atoms with Gasteiger partial charge in [-0.3, -0.25) is 0 Å². The van der Waals surface area contributed by atoms with Crippen molar-refractivity contribution in [3.05, 3.63) is 36.3 Å². The summed E-state index contributed by atoms with van der Waals surface area (Å²) in [5, 5.41) is 11.3. The van der Waals surface area contributed by atoms with Gasteiger partial charge in [-0.15, -0.1) is 0 Å². The van der Waals surface area contributed by atoms with Crippen LogP contribution in [0.4, 0.5) is 0 Å². The number of methoxy groups -OCH3 is 1. The minimum atomic E-state index is -1.54. The zero-order valence-corrected chi connectivity index (χ0v) is 15.7. The fourth-order valence-electron chi connectivity index (χ4n) is 5.37. The smallest absolute Gasteiger partial charge is 0.342 e. The Morgan fingerprint density at radius 2 is 2.20 bits per heavy atom. The molecule has 0 unspecified atom stereocenters. The largest absolute Gasteiger partial charge is 0.472 e. The van der Waals surface area contributed by atoms with E-state index in [2.05, 4.69) is 20.8 Å². The van der Waals surface area contributed by atoms with Crippen LogP contribution in [0.15, 0.2) is 35.2 Å². The van der Waals surface area contributed by atoms with Crippen molar-refractivity contribution < 1.29 is 19.1 Å². The summed E-state index contributed by atoms with van der Waals surface area (Å²) in [4.78, 5) is 12.5. The fourth-order valence-corrected chi connectivity index (χ4v) is 5.37. The van der Waals surface area contributed by atoms with Gasteiger partial charge in [0.05, 0.1) is 19.6 Å². The first kappa shape index (κ1) is 18.2. The van der Waals surface area contributed by atoms with E-state index in [4.69, 9.17) is 9.15 Å². The van der Waals surface area contributed by atoms with Crippen molar-refractivity contribution in [2.24, 2.45) is 22.7 Å². The predicted molar refractivity (Wildman–Crippen MR) is 95.9 cm³/mol. The molecule has 0 saturated heterocycles. The predicted octanol–water partition coefficient (Wildman–Crippen LogP) is 4.13. The third kappa shape index (κ3) is 2.66. The number of aliphatic hydroxyl groups is 1. The number of carbonyl (C=O) groups excluding carboxylic acids is 1. The van der Waals surface area contributed by atoms with Gasteiger partial charge in [-0.2, -0.15) is 0 Å². The topological polar surface area (TPSA) is 59.7 Å². The Morgan fingerprint density at radius 1 is 1.44 bits per heavy atom. The SMILES string of the molecule is COC(=O)[C@@]1(O)C=CC[C@H]2[C@](C)(CCc3ccoc3)[C@H](C)CC[C@]21C. The first-order valence-corrected chi connectivity index (χ1v) is 9.27. The van der Waals surface area contributed by atoms with E-state index < -0.39 is 17.0 Å². The van der Waals surface area contributed by atoms with Gasteiger partial charge < -0.3 is 14.3 Å². The monoisotopic (exact) mass is 346 g/mol. The maximum atomic E-state index is 12.5. The van der Waals surface area contributed by atoms with Crippen LogP contribution in [0.1, 0.15) is 52.0 Å². The normalized spacial score (nSPS) is 40.5. The number of esters is 1. The Morgan fingerprint density at radius 3 is 2.84 bits per heavy atom. The van der Waals surface area contributed by atoms with Crippen LogP contribution in [0.3, 0.4) is 0 Å². The number of hydrogen-bond donors (Lipinski definition) is 1. The lowest BCUT2D eigenvalue weighted by molar-refractivity contribution is -0.194. The Kier molecular flexibility index (Phi) is 4.61. The van der Waals surface area contributed by atoms with Gasteiger partial charge in [-0.05, 0) is 67.1 Å². The van der Waals surface area contributed by atoms with Crippen LogP contribution in [0.5, 0.6) is 0 Å². The molecule has 4 heteroatoms. The van der Waals surface area contributed by atoms with Crippen molar-refractivity contribution in [3.63, 3.8) is 0 Å². The van der Waals surface area contributed by atoms with Crippen LogP contribution >= 0.6 is 0 Å². The zero-order valence-electron chi connectivity index (χ0n) is 15.7. The Bertz CT molecular complexity index is 649. The second-order valence-corrected chi connectivity index (χ2v) is 8.44. The molecule has 0 aromatic carbocycles. The van der Waals surface area contributed by atoms with E-state index in [0.29, 0.717) is 5.92 Å². The molecule has 0 radical (unpaired) electrons. The van der Waals surface area contributed by atoms with Gasteiger partial charge >= 0.3 is 5.97 Å². The highest BCUT2D eigenvalue weighted by atomic mass is 16.5. The van der Waals surface area contributed by atoms with Crippen LogP contribution in [-0.4, -0.2) is 23.8 Å². The minimum Gasteiger partial charge on any atom is -0.472 e. The number of furan rings is 1. The average molecular weight is 346 g/mol. The van der Waals surface area contributed by atoms with E-state index in [1.807, 2.05) is 18.4 Å². The zero-order chi connectivity index (χ0) is 18.3. The molecule has 1 N–H and O–H groups in total. The third-order valence-electron chi connectivity index (χ3n) is 7.42. The van der Waals surface area contributed by atoms with E-state index in [1.165, 1.54) is 12.7 Å². The van der Waals surface area contributed by atoms with Crippen molar-refractivity contribution in [1.82, 2.24) is 0 Å². The van der Waals surface area contributed by atoms with E-state index in [9.17, 15) is 9.90 Å². The quantitative estimate of drug-likeness (QED) is 0.658. The molecule has 1 aromatic heterocycles. The molecule has 0 aliphatic heterocycles. The first-order valence-electron chi connectivity index (χ1n) is 9.27. The molecular formula is C21H30O4. The highest BCUT2D eigenvalue weighted by molar-refractivity contribution is 5.83. The summed E-state index contributed by atoms with van der Waals surface area (Å²) in [6.45, 7) is 6.71. The molecular weight excluding hydrogens is 316 g/mol. The first-order chi connectivity index (χ1) is 11.8. The second-order valence-electron chi connectivity index (χ2n) is 8.44. The summed E-state index contributed by atoms with van der Waals surface area (Å²) in [6, 6.07) is 2.02. The second kappa shape index (κ2) is 6.31. The fraction of sp³-hybridized carbons (Fsp3) is 0.667. The third-order valence-corrected chi connectivity index (χ3v) is 7.42. The summed E-state index contributed by atoms with van der Waals surface area (Å²) < 4.78 is 10.2. The van der Waals surface area contributed by atoms with Gasteiger partial charge in [0, 0.05) is 5.41 Å². The highest BCUT2D eigenvalue weighted by Gasteiger charge is 2.63. The van der Waals surface area contributed by atoms with Crippen molar-refractivity contribution >= 4 is 5.97 Å². The standard InChI is InChI=1S/C21H30O4/c1-15-7-12-20(3)17(6-5-10-21(20,23)18(22)24-4)19(15,2)11-8-16-9-13-25-14-16/h5,9-10,13-15,17,23H,6-8,11-12H2,1-4H3/t15-,17+,19-,20-,21+/m1/s1. The maximum Gasteiger partial charge on any atom is 0.342 e. The summed E-state index contributed by atoms with van der Waals surface area (Å²) in [5.74, 6) is 0.221. The van der Waals surface area contributed by atoms with E-state index in [-0.39, 0.29) is 11.3 Å². The molecule has 1 saturated carbocycles. The summed E-state index contributed by atoms with van der Waals surface area (Å²) in [5.41, 5.74) is -0.805. The molecule has 1 fully saturated rings. The summed E-state index contributed by atoms with van der Waals surface area (Å²) >= 11 is 0. The molecule has 5 atom stereocenters.